The number of amides is 1. The Morgan fingerprint density at radius 1 is 0.912 bits per heavy atom. The molecule has 0 N–H and O–H groups in total. The van der Waals surface area contributed by atoms with E-state index in [2.05, 4.69) is 31.0 Å². The first kappa shape index (κ1) is 23.7. The summed E-state index contributed by atoms with van der Waals surface area (Å²) in [4.78, 5) is 32.7. The van der Waals surface area contributed by atoms with Crippen molar-refractivity contribution in [3.05, 3.63) is 107 Å². The molecule has 0 radical (unpaired) electrons. The van der Waals surface area contributed by atoms with Gasteiger partial charge in [-0.3, -0.25) is 14.5 Å². The van der Waals surface area contributed by atoms with Crippen LogP contribution in [0.2, 0.25) is 0 Å². The molecule has 1 unspecified atom stereocenters. The molecular weight excluding hydrogens is 440 g/mol. The number of hydrogen-bond donors (Lipinski definition) is 0. The second-order valence-corrected chi connectivity index (χ2v) is 10.0. The van der Waals surface area contributed by atoms with Crippen LogP contribution >= 0.6 is 11.8 Å². The van der Waals surface area contributed by atoms with Crippen LogP contribution < -0.4 is 4.90 Å². The number of thioether (sulfide) groups is 1. The fourth-order valence-corrected chi connectivity index (χ4v) is 4.68. The molecule has 0 fully saturated rings. The van der Waals surface area contributed by atoms with Crippen molar-refractivity contribution in [3.8, 4) is 0 Å². The van der Waals surface area contributed by atoms with E-state index in [-0.39, 0.29) is 11.7 Å². The molecule has 5 heteroatoms. The van der Waals surface area contributed by atoms with E-state index in [1.807, 2.05) is 86.7 Å². The van der Waals surface area contributed by atoms with Gasteiger partial charge in [0.1, 0.15) is 5.70 Å². The lowest BCUT2D eigenvalue weighted by atomic mass is 10.0. The maximum Gasteiger partial charge on any atom is 0.283 e. The molecule has 0 saturated heterocycles. The van der Waals surface area contributed by atoms with Crippen molar-refractivity contribution in [2.45, 2.75) is 38.9 Å². The van der Waals surface area contributed by atoms with Gasteiger partial charge in [0.05, 0.1) is 10.9 Å². The second kappa shape index (κ2) is 10.2. The minimum Gasteiger partial charge on any atom is -0.293 e. The van der Waals surface area contributed by atoms with Gasteiger partial charge in [-0.2, -0.15) is 0 Å². The number of nitrogens with zero attached hydrogens (tertiary/aromatic N) is 2. The molecule has 0 spiro atoms. The minimum atomic E-state index is -0.397. The van der Waals surface area contributed by atoms with E-state index in [0.29, 0.717) is 22.3 Å². The van der Waals surface area contributed by atoms with Gasteiger partial charge in [-0.05, 0) is 49.1 Å². The topological polar surface area (TPSA) is 49.7 Å². The first-order chi connectivity index (χ1) is 16.3. The van der Waals surface area contributed by atoms with E-state index >= 15 is 0 Å². The van der Waals surface area contributed by atoms with E-state index < -0.39 is 5.25 Å². The smallest absolute Gasteiger partial charge is 0.283 e. The Kier molecular flexibility index (Phi) is 7.13. The minimum absolute atomic E-state index is 0.00584. The van der Waals surface area contributed by atoms with E-state index in [1.54, 1.807) is 4.90 Å². The number of anilines is 1. The van der Waals surface area contributed by atoms with Gasteiger partial charge in [0, 0.05) is 5.56 Å². The van der Waals surface area contributed by atoms with Crippen LogP contribution in [0.1, 0.15) is 53.7 Å². The van der Waals surface area contributed by atoms with Crippen LogP contribution in [-0.2, 0) is 4.79 Å². The SMILES string of the molecule is Cc1ccc(N2C(=O)C(=Cc3ccc(C(C)C)cc3)N=C2SC(C)C(=O)c2ccccc2)cc1. The number of benzene rings is 3. The quantitative estimate of drug-likeness (QED) is 0.293. The van der Waals surface area contributed by atoms with Gasteiger partial charge in [-0.25, -0.2) is 4.99 Å². The number of rotatable bonds is 6. The van der Waals surface area contributed by atoms with Crippen LogP contribution in [0, 0.1) is 6.92 Å². The summed E-state index contributed by atoms with van der Waals surface area (Å²) < 4.78 is 0. The molecule has 34 heavy (non-hydrogen) atoms. The lowest BCUT2D eigenvalue weighted by Gasteiger charge is -2.20. The molecule has 4 nitrogen and oxygen atoms in total. The first-order valence-corrected chi connectivity index (χ1v) is 12.3. The summed E-state index contributed by atoms with van der Waals surface area (Å²) in [5, 5.41) is 0.113. The summed E-state index contributed by atoms with van der Waals surface area (Å²) in [6.45, 7) is 8.16. The average molecular weight is 469 g/mol. The number of carbonyl (C=O) groups is 2. The molecule has 1 atom stereocenters. The van der Waals surface area contributed by atoms with Crippen LogP contribution in [0.5, 0.6) is 0 Å². The lowest BCUT2D eigenvalue weighted by molar-refractivity contribution is -0.113. The zero-order valence-corrected chi connectivity index (χ0v) is 20.7. The molecule has 1 aliphatic rings. The molecular formula is C29H28N2O2S. The zero-order chi connectivity index (χ0) is 24.2. The summed E-state index contributed by atoms with van der Waals surface area (Å²) in [5.41, 5.74) is 5.01. The number of hydrogen-bond acceptors (Lipinski definition) is 4. The molecule has 1 amide bonds. The number of aliphatic imine (C=N–C) groups is 1. The van der Waals surface area contributed by atoms with Gasteiger partial charge in [0.15, 0.2) is 11.0 Å². The molecule has 3 aromatic rings. The van der Waals surface area contributed by atoms with E-state index in [1.165, 1.54) is 17.3 Å². The Morgan fingerprint density at radius 2 is 1.56 bits per heavy atom. The number of carbonyl (C=O) groups excluding carboxylic acids is 2. The fourth-order valence-electron chi connectivity index (χ4n) is 3.68. The van der Waals surface area contributed by atoms with Crippen molar-refractivity contribution in [2.24, 2.45) is 4.99 Å². The monoisotopic (exact) mass is 468 g/mol. The zero-order valence-electron chi connectivity index (χ0n) is 19.9. The molecule has 3 aromatic carbocycles. The summed E-state index contributed by atoms with van der Waals surface area (Å²) in [6, 6.07) is 25.1. The molecule has 0 bridgehead atoms. The van der Waals surface area contributed by atoms with Crippen LogP contribution in [0.3, 0.4) is 0 Å². The number of ketones is 1. The molecule has 0 aliphatic carbocycles. The first-order valence-electron chi connectivity index (χ1n) is 11.4. The molecule has 1 heterocycles. The van der Waals surface area contributed by atoms with E-state index in [9.17, 15) is 9.59 Å². The van der Waals surface area contributed by atoms with Crippen molar-refractivity contribution in [1.29, 1.82) is 0 Å². The van der Waals surface area contributed by atoms with Gasteiger partial charge < -0.3 is 0 Å². The Labute approximate surface area is 205 Å². The Balaban J connectivity index is 1.66. The molecule has 172 valence electrons. The maximum absolute atomic E-state index is 13.4. The lowest BCUT2D eigenvalue weighted by Crippen LogP contribution is -2.32. The third-order valence-electron chi connectivity index (χ3n) is 5.74. The average Bonchev–Trinajstić information content (AvgIpc) is 3.14. The highest BCUT2D eigenvalue weighted by Crippen LogP contribution is 2.32. The Morgan fingerprint density at radius 3 is 2.18 bits per heavy atom. The largest absolute Gasteiger partial charge is 0.293 e. The summed E-state index contributed by atoms with van der Waals surface area (Å²) >= 11 is 1.31. The third kappa shape index (κ3) is 5.20. The van der Waals surface area contributed by atoms with Crippen LogP contribution in [0.15, 0.2) is 89.6 Å². The normalized spacial score (nSPS) is 15.7. The molecule has 0 aromatic heterocycles. The number of aryl methyl sites for hydroxylation is 1. The number of Topliss-reactive ketones (excluding diaryl/α,β-unsaturated/α-hetero) is 1. The number of amidine groups is 1. The highest BCUT2D eigenvalue weighted by atomic mass is 32.2. The van der Waals surface area contributed by atoms with Crippen molar-refractivity contribution in [2.75, 3.05) is 4.90 Å². The maximum atomic E-state index is 13.4. The van der Waals surface area contributed by atoms with Crippen molar-refractivity contribution in [1.82, 2.24) is 0 Å². The Hall–Kier alpha value is -3.44. The van der Waals surface area contributed by atoms with Gasteiger partial charge in [-0.1, -0.05) is 97.9 Å². The summed E-state index contributed by atoms with van der Waals surface area (Å²) in [5.74, 6) is 0.251. The molecule has 4 rings (SSSR count). The van der Waals surface area contributed by atoms with Gasteiger partial charge >= 0.3 is 0 Å². The summed E-state index contributed by atoms with van der Waals surface area (Å²) in [6.07, 6.45) is 1.81. The second-order valence-electron chi connectivity index (χ2n) is 8.71. The third-order valence-corrected chi connectivity index (χ3v) is 6.79. The predicted molar refractivity (Wildman–Crippen MR) is 142 cm³/mol. The van der Waals surface area contributed by atoms with E-state index in [4.69, 9.17) is 0 Å². The fraction of sp³-hybridized carbons (Fsp3) is 0.207. The summed E-state index contributed by atoms with van der Waals surface area (Å²) in [7, 11) is 0. The van der Waals surface area contributed by atoms with E-state index in [0.717, 1.165) is 16.8 Å². The van der Waals surface area contributed by atoms with Gasteiger partial charge in [-0.15, -0.1) is 0 Å². The van der Waals surface area contributed by atoms with Crippen LogP contribution in [0.4, 0.5) is 5.69 Å². The van der Waals surface area contributed by atoms with Crippen molar-refractivity contribution in [3.63, 3.8) is 0 Å². The van der Waals surface area contributed by atoms with Crippen LogP contribution in [-0.4, -0.2) is 22.1 Å². The van der Waals surface area contributed by atoms with Crippen molar-refractivity contribution >= 4 is 40.4 Å². The highest BCUT2D eigenvalue weighted by molar-refractivity contribution is 8.15. The van der Waals surface area contributed by atoms with Gasteiger partial charge in [0.2, 0.25) is 0 Å². The Bertz CT molecular complexity index is 1240. The van der Waals surface area contributed by atoms with Crippen LogP contribution in [0.25, 0.3) is 6.08 Å². The highest BCUT2D eigenvalue weighted by Gasteiger charge is 2.34. The molecule has 0 saturated carbocycles. The van der Waals surface area contributed by atoms with Gasteiger partial charge in [0.25, 0.3) is 5.91 Å². The van der Waals surface area contributed by atoms with Crippen molar-refractivity contribution < 1.29 is 9.59 Å². The standard InChI is InChI=1S/C29H28N2O2S/c1-19(2)23-14-12-22(13-15-23)18-26-28(33)31(25-16-10-20(3)11-17-25)29(30-26)34-21(4)27(32)24-8-6-5-7-9-24/h5-19,21H,1-4H3. The molecule has 1 aliphatic heterocycles. The predicted octanol–water partition coefficient (Wildman–Crippen LogP) is 6.87.